The van der Waals surface area contributed by atoms with E-state index in [0.717, 1.165) is 6.07 Å². The highest BCUT2D eigenvalue weighted by Crippen LogP contribution is 2.27. The van der Waals surface area contributed by atoms with Crippen LogP contribution in [0, 0.1) is 11.6 Å². The fraction of sp³-hybridized carbons (Fsp3) is 0.0714. The molecule has 0 bridgehead atoms. The number of amides is 1. The highest BCUT2D eigenvalue weighted by molar-refractivity contribution is 6.31. The molecule has 0 aliphatic heterocycles. The van der Waals surface area contributed by atoms with E-state index in [9.17, 15) is 13.6 Å². The zero-order chi connectivity index (χ0) is 14.7. The third-order valence-electron chi connectivity index (χ3n) is 2.69. The lowest BCUT2D eigenvalue weighted by Gasteiger charge is -2.18. The summed E-state index contributed by atoms with van der Waals surface area (Å²) >= 11 is 5.90. The Bertz CT molecular complexity index is 649. The molecule has 0 fully saturated rings. The number of hydrogen-bond acceptors (Lipinski definition) is 2. The van der Waals surface area contributed by atoms with Crippen LogP contribution in [-0.2, 0) is 4.79 Å². The van der Waals surface area contributed by atoms with Crippen molar-refractivity contribution in [1.82, 2.24) is 0 Å². The number of nitrogens with two attached hydrogens (primary N) is 1. The monoisotopic (exact) mass is 296 g/mol. The van der Waals surface area contributed by atoms with Crippen molar-refractivity contribution in [3.63, 3.8) is 0 Å². The van der Waals surface area contributed by atoms with Gasteiger partial charge in [0.1, 0.15) is 17.7 Å². The number of anilines is 1. The van der Waals surface area contributed by atoms with Gasteiger partial charge in [0.25, 0.3) is 0 Å². The summed E-state index contributed by atoms with van der Waals surface area (Å²) in [5.41, 5.74) is 6.01. The molecule has 1 atom stereocenters. The second kappa shape index (κ2) is 5.88. The summed E-state index contributed by atoms with van der Waals surface area (Å²) in [5, 5.41) is 2.84. The molecular formula is C14H11ClF2N2O. The van der Waals surface area contributed by atoms with E-state index in [4.69, 9.17) is 17.3 Å². The van der Waals surface area contributed by atoms with E-state index in [1.165, 1.54) is 30.3 Å². The van der Waals surface area contributed by atoms with E-state index < -0.39 is 23.6 Å². The maximum atomic E-state index is 13.1. The highest BCUT2D eigenvalue weighted by Gasteiger charge is 2.20. The van der Waals surface area contributed by atoms with Crippen molar-refractivity contribution in [3.8, 4) is 0 Å². The predicted octanol–water partition coefficient (Wildman–Crippen LogP) is 3.26. The molecule has 1 amide bonds. The Morgan fingerprint density at radius 1 is 1.15 bits per heavy atom. The summed E-state index contributed by atoms with van der Waals surface area (Å²) in [5.74, 6) is -1.68. The van der Waals surface area contributed by atoms with Crippen LogP contribution < -0.4 is 11.1 Å². The fourth-order valence-electron chi connectivity index (χ4n) is 1.78. The lowest BCUT2D eigenvalue weighted by molar-refractivity contribution is -0.118. The van der Waals surface area contributed by atoms with Gasteiger partial charge in [0.15, 0.2) is 0 Å². The largest absolute Gasteiger partial charge is 0.370 e. The van der Waals surface area contributed by atoms with Crippen LogP contribution in [0.1, 0.15) is 11.6 Å². The van der Waals surface area contributed by atoms with Gasteiger partial charge in [0, 0.05) is 16.3 Å². The average molecular weight is 297 g/mol. The second-order valence-electron chi connectivity index (χ2n) is 4.16. The number of hydrogen-bond donors (Lipinski definition) is 2. The SMILES string of the molecule is NC(=O)C(Nc1cccc(F)c1)c1ccc(F)cc1Cl. The minimum absolute atomic E-state index is 0.0673. The van der Waals surface area contributed by atoms with Crippen molar-refractivity contribution >= 4 is 23.2 Å². The summed E-state index contributed by atoms with van der Waals surface area (Å²) in [6.45, 7) is 0. The van der Waals surface area contributed by atoms with E-state index in [-0.39, 0.29) is 5.02 Å². The Morgan fingerprint density at radius 2 is 1.85 bits per heavy atom. The van der Waals surface area contributed by atoms with Gasteiger partial charge in [-0.1, -0.05) is 23.7 Å². The second-order valence-corrected chi connectivity index (χ2v) is 4.56. The van der Waals surface area contributed by atoms with Crippen molar-refractivity contribution in [3.05, 3.63) is 64.7 Å². The third kappa shape index (κ3) is 3.24. The molecule has 2 aromatic carbocycles. The van der Waals surface area contributed by atoms with E-state index in [1.54, 1.807) is 6.07 Å². The molecule has 3 N–H and O–H groups in total. The minimum Gasteiger partial charge on any atom is -0.370 e. The molecule has 0 aliphatic carbocycles. The zero-order valence-electron chi connectivity index (χ0n) is 10.2. The van der Waals surface area contributed by atoms with Gasteiger partial charge in [-0.15, -0.1) is 0 Å². The van der Waals surface area contributed by atoms with E-state index in [2.05, 4.69) is 5.32 Å². The smallest absolute Gasteiger partial charge is 0.244 e. The van der Waals surface area contributed by atoms with Gasteiger partial charge in [-0.2, -0.15) is 0 Å². The Labute approximate surface area is 119 Å². The number of benzene rings is 2. The van der Waals surface area contributed by atoms with Crippen molar-refractivity contribution < 1.29 is 13.6 Å². The van der Waals surface area contributed by atoms with Crippen LogP contribution >= 0.6 is 11.6 Å². The lowest BCUT2D eigenvalue weighted by Crippen LogP contribution is -2.28. The molecule has 0 saturated carbocycles. The summed E-state index contributed by atoms with van der Waals surface area (Å²) in [4.78, 5) is 11.5. The number of nitrogens with one attached hydrogen (secondary N) is 1. The molecule has 1 unspecified atom stereocenters. The number of carbonyl (C=O) groups excluding carboxylic acids is 1. The normalized spacial score (nSPS) is 11.9. The number of primary amides is 1. The summed E-state index contributed by atoms with van der Waals surface area (Å²) in [6.07, 6.45) is 0. The third-order valence-corrected chi connectivity index (χ3v) is 3.02. The summed E-state index contributed by atoms with van der Waals surface area (Å²) in [7, 11) is 0. The first-order valence-corrected chi connectivity index (χ1v) is 6.11. The van der Waals surface area contributed by atoms with Crippen LogP contribution in [0.15, 0.2) is 42.5 Å². The van der Waals surface area contributed by atoms with E-state index in [0.29, 0.717) is 11.3 Å². The fourth-order valence-corrected chi connectivity index (χ4v) is 2.06. The maximum Gasteiger partial charge on any atom is 0.244 e. The molecule has 0 saturated heterocycles. The Balaban J connectivity index is 2.34. The molecule has 3 nitrogen and oxygen atoms in total. The van der Waals surface area contributed by atoms with E-state index >= 15 is 0 Å². The predicted molar refractivity (Wildman–Crippen MR) is 73.4 cm³/mol. The molecule has 0 aromatic heterocycles. The molecule has 104 valence electrons. The zero-order valence-corrected chi connectivity index (χ0v) is 11.0. The maximum absolute atomic E-state index is 13.1. The lowest BCUT2D eigenvalue weighted by atomic mass is 10.1. The molecule has 0 heterocycles. The van der Waals surface area contributed by atoms with Gasteiger partial charge in [-0.3, -0.25) is 4.79 Å². The molecular weight excluding hydrogens is 286 g/mol. The molecule has 20 heavy (non-hydrogen) atoms. The van der Waals surface area contributed by atoms with Gasteiger partial charge in [-0.05, 0) is 30.3 Å². The Kier molecular flexibility index (Phi) is 4.20. The van der Waals surface area contributed by atoms with Crippen molar-refractivity contribution in [1.29, 1.82) is 0 Å². The van der Waals surface area contributed by atoms with Gasteiger partial charge in [0.2, 0.25) is 5.91 Å². The van der Waals surface area contributed by atoms with Crippen LogP contribution in [0.4, 0.5) is 14.5 Å². The number of rotatable bonds is 4. The van der Waals surface area contributed by atoms with E-state index in [1.807, 2.05) is 0 Å². The number of halogens is 3. The summed E-state index contributed by atoms with van der Waals surface area (Å²) < 4.78 is 26.1. The topological polar surface area (TPSA) is 55.1 Å². The first kappa shape index (κ1) is 14.3. The van der Waals surface area contributed by atoms with Crippen molar-refractivity contribution in [2.24, 2.45) is 5.73 Å². The summed E-state index contributed by atoms with van der Waals surface area (Å²) in [6, 6.07) is 8.19. The van der Waals surface area contributed by atoms with Crippen LogP contribution in [0.3, 0.4) is 0 Å². The Morgan fingerprint density at radius 3 is 2.45 bits per heavy atom. The standard InChI is InChI=1S/C14H11ClF2N2O/c15-12-7-9(17)4-5-11(12)13(14(18)20)19-10-3-1-2-8(16)6-10/h1-7,13,19H,(H2,18,20). The van der Waals surface area contributed by atoms with Crippen LogP contribution in [0.5, 0.6) is 0 Å². The first-order chi connectivity index (χ1) is 9.47. The first-order valence-electron chi connectivity index (χ1n) is 5.74. The molecule has 6 heteroatoms. The molecule has 2 aromatic rings. The molecule has 0 spiro atoms. The minimum atomic E-state index is -0.982. The molecule has 0 aliphatic rings. The average Bonchev–Trinajstić information content (AvgIpc) is 2.36. The van der Waals surface area contributed by atoms with Crippen molar-refractivity contribution in [2.45, 2.75) is 6.04 Å². The van der Waals surface area contributed by atoms with Crippen LogP contribution in [0.2, 0.25) is 5.02 Å². The van der Waals surface area contributed by atoms with Crippen molar-refractivity contribution in [2.75, 3.05) is 5.32 Å². The van der Waals surface area contributed by atoms with Gasteiger partial charge in [-0.25, -0.2) is 8.78 Å². The van der Waals surface area contributed by atoms with Gasteiger partial charge < -0.3 is 11.1 Å². The number of carbonyl (C=O) groups is 1. The molecule has 2 rings (SSSR count). The highest BCUT2D eigenvalue weighted by atomic mass is 35.5. The van der Waals surface area contributed by atoms with Gasteiger partial charge in [0.05, 0.1) is 0 Å². The van der Waals surface area contributed by atoms with Crippen LogP contribution in [0.25, 0.3) is 0 Å². The quantitative estimate of drug-likeness (QED) is 0.910. The Hall–Kier alpha value is -2.14. The van der Waals surface area contributed by atoms with Crippen LogP contribution in [-0.4, -0.2) is 5.91 Å². The molecule has 0 radical (unpaired) electrons. The van der Waals surface area contributed by atoms with Gasteiger partial charge >= 0.3 is 0 Å².